The molecule has 1 amide bonds. The summed E-state index contributed by atoms with van der Waals surface area (Å²) in [5, 5.41) is 5.81. The Morgan fingerprint density at radius 2 is 2.50 bits per heavy atom. The third-order valence-electron chi connectivity index (χ3n) is 1.26. The fourth-order valence-corrected chi connectivity index (χ4v) is 2.26. The van der Waals surface area contributed by atoms with Crippen LogP contribution in [0.15, 0.2) is 9.85 Å². The van der Waals surface area contributed by atoms with E-state index in [-0.39, 0.29) is 5.91 Å². The number of carbonyl (C=O) groups is 1. The molecule has 0 spiro atoms. The number of hydrogen-bond donors (Lipinski definition) is 1. The molecule has 66 valence electrons. The van der Waals surface area contributed by atoms with Gasteiger partial charge in [-0.25, -0.2) is 0 Å². The topological polar surface area (TPSA) is 29.1 Å². The highest BCUT2D eigenvalue weighted by Crippen LogP contribution is 2.36. The Labute approximate surface area is 88.0 Å². The van der Waals surface area contributed by atoms with Gasteiger partial charge in [-0.1, -0.05) is 18.5 Å². The van der Waals surface area contributed by atoms with Crippen LogP contribution in [-0.4, -0.2) is 5.91 Å². The van der Waals surface area contributed by atoms with E-state index in [0.717, 1.165) is 4.47 Å². The highest BCUT2D eigenvalue weighted by molar-refractivity contribution is 9.10. The van der Waals surface area contributed by atoms with Gasteiger partial charge < -0.3 is 5.32 Å². The molecule has 2 nitrogen and oxygen atoms in total. The second-order valence-corrected chi connectivity index (χ2v) is 4.24. The summed E-state index contributed by atoms with van der Waals surface area (Å²) in [4.78, 5) is 11.0. The molecule has 1 heterocycles. The normalized spacial score (nSPS) is 9.92. The predicted octanol–water partition coefficient (Wildman–Crippen LogP) is 3.51. The summed E-state index contributed by atoms with van der Waals surface area (Å²) >= 11 is 10.5. The van der Waals surface area contributed by atoms with E-state index in [1.807, 2.05) is 5.38 Å². The number of hydrogen-bond acceptors (Lipinski definition) is 2. The zero-order chi connectivity index (χ0) is 9.14. The van der Waals surface area contributed by atoms with Crippen LogP contribution in [0.3, 0.4) is 0 Å². The lowest BCUT2D eigenvalue weighted by molar-refractivity contribution is -0.115. The molecule has 0 fully saturated rings. The first-order chi connectivity index (χ1) is 5.65. The van der Waals surface area contributed by atoms with Gasteiger partial charge in [0.25, 0.3) is 0 Å². The first kappa shape index (κ1) is 10.0. The van der Waals surface area contributed by atoms with Gasteiger partial charge in [-0.05, 0) is 15.9 Å². The molecule has 0 unspecified atom stereocenters. The van der Waals surface area contributed by atoms with Crippen molar-refractivity contribution >= 4 is 49.8 Å². The zero-order valence-electron chi connectivity index (χ0n) is 6.36. The van der Waals surface area contributed by atoms with Gasteiger partial charge in [0.15, 0.2) is 0 Å². The van der Waals surface area contributed by atoms with E-state index >= 15 is 0 Å². The monoisotopic (exact) mass is 267 g/mol. The number of anilines is 1. The first-order valence-electron chi connectivity index (χ1n) is 3.37. The van der Waals surface area contributed by atoms with E-state index in [4.69, 9.17) is 11.6 Å². The molecule has 0 atom stereocenters. The van der Waals surface area contributed by atoms with E-state index in [0.29, 0.717) is 16.4 Å². The highest BCUT2D eigenvalue weighted by Gasteiger charge is 2.08. The zero-order valence-corrected chi connectivity index (χ0v) is 9.52. The van der Waals surface area contributed by atoms with Crippen molar-refractivity contribution in [2.75, 3.05) is 5.32 Å². The van der Waals surface area contributed by atoms with Crippen LogP contribution in [0.25, 0.3) is 0 Å². The van der Waals surface area contributed by atoms with Gasteiger partial charge >= 0.3 is 0 Å². The Morgan fingerprint density at radius 3 is 2.92 bits per heavy atom. The van der Waals surface area contributed by atoms with Crippen LogP contribution in [0.1, 0.15) is 13.3 Å². The molecule has 1 aromatic rings. The SMILES string of the molecule is CCC(=O)Nc1scc(Br)c1Cl. The molecular weight excluding hydrogens is 262 g/mol. The highest BCUT2D eigenvalue weighted by atomic mass is 79.9. The number of thiophene rings is 1. The minimum atomic E-state index is -0.0220. The fraction of sp³-hybridized carbons (Fsp3) is 0.286. The van der Waals surface area contributed by atoms with Gasteiger partial charge in [-0.2, -0.15) is 0 Å². The van der Waals surface area contributed by atoms with Crippen LogP contribution in [-0.2, 0) is 4.79 Å². The Kier molecular flexibility index (Phi) is 3.55. The number of amides is 1. The van der Waals surface area contributed by atoms with Gasteiger partial charge in [-0.15, -0.1) is 11.3 Å². The number of rotatable bonds is 2. The standard InChI is InChI=1S/C7H7BrClNOS/c1-2-5(11)10-7-6(9)4(8)3-12-7/h3H,2H2,1H3,(H,10,11). The van der Waals surface area contributed by atoms with Crippen molar-refractivity contribution < 1.29 is 4.79 Å². The fourth-order valence-electron chi connectivity index (χ4n) is 0.622. The van der Waals surface area contributed by atoms with E-state index in [2.05, 4.69) is 21.2 Å². The van der Waals surface area contributed by atoms with Crippen molar-refractivity contribution in [1.82, 2.24) is 0 Å². The van der Waals surface area contributed by atoms with E-state index in [9.17, 15) is 4.79 Å². The van der Waals surface area contributed by atoms with Crippen LogP contribution in [0, 0.1) is 0 Å². The van der Waals surface area contributed by atoms with Crippen molar-refractivity contribution in [3.8, 4) is 0 Å². The summed E-state index contributed by atoms with van der Waals surface area (Å²) < 4.78 is 0.820. The van der Waals surface area contributed by atoms with Crippen LogP contribution < -0.4 is 5.32 Å². The smallest absolute Gasteiger partial charge is 0.224 e. The summed E-state index contributed by atoms with van der Waals surface area (Å²) in [7, 11) is 0. The number of nitrogens with one attached hydrogen (secondary N) is 1. The largest absolute Gasteiger partial charge is 0.316 e. The molecule has 1 aromatic heterocycles. The Morgan fingerprint density at radius 1 is 1.83 bits per heavy atom. The van der Waals surface area contributed by atoms with Crippen LogP contribution in [0.4, 0.5) is 5.00 Å². The summed E-state index contributed by atoms with van der Waals surface area (Å²) in [6, 6.07) is 0. The third kappa shape index (κ3) is 2.21. The molecule has 0 bridgehead atoms. The van der Waals surface area contributed by atoms with Crippen molar-refractivity contribution in [2.24, 2.45) is 0 Å². The Balaban J connectivity index is 2.76. The molecule has 0 aromatic carbocycles. The Hall–Kier alpha value is -0.0600. The first-order valence-corrected chi connectivity index (χ1v) is 5.42. The minimum absolute atomic E-state index is 0.0220. The van der Waals surface area contributed by atoms with Gasteiger partial charge in [0, 0.05) is 16.3 Å². The van der Waals surface area contributed by atoms with E-state index in [1.165, 1.54) is 11.3 Å². The van der Waals surface area contributed by atoms with Gasteiger partial charge in [0.2, 0.25) is 5.91 Å². The van der Waals surface area contributed by atoms with Crippen molar-refractivity contribution in [3.63, 3.8) is 0 Å². The van der Waals surface area contributed by atoms with Crippen LogP contribution in [0.2, 0.25) is 5.02 Å². The summed E-state index contributed by atoms with van der Waals surface area (Å²) in [6.45, 7) is 1.80. The maximum Gasteiger partial charge on any atom is 0.224 e. The summed E-state index contributed by atoms with van der Waals surface area (Å²) in [5.41, 5.74) is 0. The predicted molar refractivity (Wildman–Crippen MR) is 55.9 cm³/mol. The van der Waals surface area contributed by atoms with Gasteiger partial charge in [-0.3, -0.25) is 4.79 Å². The van der Waals surface area contributed by atoms with Crippen molar-refractivity contribution in [3.05, 3.63) is 14.9 Å². The maximum absolute atomic E-state index is 11.0. The van der Waals surface area contributed by atoms with Crippen molar-refractivity contribution in [1.29, 1.82) is 0 Å². The molecule has 0 saturated carbocycles. The second-order valence-electron chi connectivity index (χ2n) is 2.13. The lowest BCUT2D eigenvalue weighted by atomic mass is 10.4. The van der Waals surface area contributed by atoms with Crippen LogP contribution in [0.5, 0.6) is 0 Å². The van der Waals surface area contributed by atoms with Crippen LogP contribution >= 0.6 is 38.9 Å². The molecule has 0 aliphatic carbocycles. The molecule has 0 aliphatic rings. The van der Waals surface area contributed by atoms with Gasteiger partial charge in [0.1, 0.15) is 5.00 Å². The van der Waals surface area contributed by atoms with E-state index < -0.39 is 0 Å². The van der Waals surface area contributed by atoms with Crippen molar-refractivity contribution in [2.45, 2.75) is 13.3 Å². The average molecular weight is 269 g/mol. The molecule has 1 N–H and O–H groups in total. The van der Waals surface area contributed by atoms with Gasteiger partial charge in [0.05, 0.1) is 5.02 Å². The number of halogens is 2. The quantitative estimate of drug-likeness (QED) is 0.874. The molecule has 12 heavy (non-hydrogen) atoms. The molecular formula is C7H7BrClNOS. The minimum Gasteiger partial charge on any atom is -0.316 e. The Bertz CT molecular complexity index is 300. The number of carbonyl (C=O) groups excluding carboxylic acids is 1. The molecule has 0 radical (unpaired) electrons. The molecule has 5 heteroatoms. The molecule has 0 aliphatic heterocycles. The lowest BCUT2D eigenvalue weighted by Crippen LogP contribution is -2.08. The lowest BCUT2D eigenvalue weighted by Gasteiger charge is -1.99. The third-order valence-corrected chi connectivity index (χ3v) is 3.82. The molecule has 1 rings (SSSR count). The summed E-state index contributed by atoms with van der Waals surface area (Å²) in [5.74, 6) is -0.0220. The summed E-state index contributed by atoms with van der Waals surface area (Å²) in [6.07, 6.45) is 0.464. The van der Waals surface area contributed by atoms with E-state index in [1.54, 1.807) is 6.92 Å². The molecule has 0 saturated heterocycles. The second kappa shape index (κ2) is 4.25. The average Bonchev–Trinajstić information content (AvgIpc) is 2.36. The maximum atomic E-state index is 11.0.